The highest BCUT2D eigenvalue weighted by molar-refractivity contribution is 7.12. The molecule has 1 aromatic carbocycles. The molecular formula is C20H22FN3O4S. The molecule has 7 nitrogen and oxygen atoms in total. The van der Waals surface area contributed by atoms with E-state index in [0.29, 0.717) is 36.6 Å². The first-order valence-electron chi connectivity index (χ1n) is 9.28. The molecule has 0 unspecified atom stereocenters. The van der Waals surface area contributed by atoms with Crippen LogP contribution in [0.4, 0.5) is 4.39 Å². The third kappa shape index (κ3) is 5.54. The van der Waals surface area contributed by atoms with Gasteiger partial charge in [-0.15, -0.1) is 11.3 Å². The Kier molecular flexibility index (Phi) is 6.82. The lowest BCUT2D eigenvalue weighted by molar-refractivity contribution is -0.134. The van der Waals surface area contributed by atoms with Gasteiger partial charge in [0, 0.05) is 19.0 Å². The zero-order valence-corrected chi connectivity index (χ0v) is 16.7. The van der Waals surface area contributed by atoms with E-state index >= 15 is 0 Å². The maximum atomic E-state index is 12.9. The maximum Gasteiger partial charge on any atom is 0.279 e. The lowest BCUT2D eigenvalue weighted by Crippen LogP contribution is -2.50. The van der Waals surface area contributed by atoms with E-state index in [1.807, 2.05) is 11.4 Å². The molecule has 2 N–H and O–H groups in total. The third-order valence-electron chi connectivity index (χ3n) is 4.69. The molecule has 0 radical (unpaired) electrons. The SMILES string of the molecule is C[C@H](Oc1ccc(F)cc1)C(=O)NNC(=O)C1CCN(C(=O)c2cccs2)CC1. The monoisotopic (exact) mass is 419 g/mol. The molecule has 29 heavy (non-hydrogen) atoms. The first kappa shape index (κ1) is 20.8. The highest BCUT2D eigenvalue weighted by Gasteiger charge is 2.28. The number of amides is 3. The van der Waals surface area contributed by atoms with Crippen LogP contribution in [0.5, 0.6) is 5.75 Å². The quantitative estimate of drug-likeness (QED) is 0.729. The van der Waals surface area contributed by atoms with Gasteiger partial charge < -0.3 is 9.64 Å². The van der Waals surface area contributed by atoms with Crippen molar-refractivity contribution in [3.63, 3.8) is 0 Å². The molecule has 2 heterocycles. The van der Waals surface area contributed by atoms with Gasteiger partial charge in [0.15, 0.2) is 6.10 Å². The van der Waals surface area contributed by atoms with Crippen molar-refractivity contribution in [2.45, 2.75) is 25.9 Å². The van der Waals surface area contributed by atoms with Crippen LogP contribution in [0.15, 0.2) is 41.8 Å². The van der Waals surface area contributed by atoms with Gasteiger partial charge in [0.05, 0.1) is 4.88 Å². The summed E-state index contributed by atoms with van der Waals surface area (Å²) in [5.74, 6) is -1.16. The number of likely N-dealkylation sites (tertiary alicyclic amines) is 1. The Bertz CT molecular complexity index is 849. The average Bonchev–Trinajstić information content (AvgIpc) is 3.28. The van der Waals surface area contributed by atoms with Gasteiger partial charge in [0.25, 0.3) is 11.8 Å². The summed E-state index contributed by atoms with van der Waals surface area (Å²) >= 11 is 1.40. The predicted molar refractivity (Wildman–Crippen MR) is 106 cm³/mol. The Morgan fingerprint density at radius 3 is 2.45 bits per heavy atom. The molecule has 3 rings (SSSR count). The number of piperidine rings is 1. The largest absolute Gasteiger partial charge is 0.481 e. The van der Waals surface area contributed by atoms with Crippen LogP contribution in [0, 0.1) is 11.7 Å². The number of nitrogens with one attached hydrogen (secondary N) is 2. The summed E-state index contributed by atoms with van der Waals surface area (Å²) in [6.45, 7) is 2.51. The van der Waals surface area contributed by atoms with Crippen molar-refractivity contribution in [3.05, 3.63) is 52.5 Å². The van der Waals surface area contributed by atoms with Gasteiger partial charge >= 0.3 is 0 Å². The summed E-state index contributed by atoms with van der Waals surface area (Å²) < 4.78 is 18.3. The van der Waals surface area contributed by atoms with E-state index < -0.39 is 17.8 Å². The second-order valence-corrected chi connectivity index (χ2v) is 7.68. The van der Waals surface area contributed by atoms with Gasteiger partial charge in [-0.05, 0) is 55.5 Å². The number of carbonyl (C=O) groups excluding carboxylic acids is 3. The Labute approximate surface area is 171 Å². The fraction of sp³-hybridized carbons (Fsp3) is 0.350. The van der Waals surface area contributed by atoms with Crippen LogP contribution in [0.2, 0.25) is 0 Å². The molecule has 1 aliphatic heterocycles. The highest BCUT2D eigenvalue weighted by Crippen LogP contribution is 2.21. The number of carbonyl (C=O) groups is 3. The molecule has 9 heteroatoms. The summed E-state index contributed by atoms with van der Waals surface area (Å²) in [5, 5.41) is 1.86. The standard InChI is InChI=1S/C20H22FN3O4S/c1-13(28-16-6-4-15(21)5-7-16)18(25)22-23-19(26)14-8-10-24(11-9-14)20(27)17-3-2-12-29-17/h2-7,12-14H,8-11H2,1H3,(H,22,25)(H,23,26)/t13-/m0/s1. The van der Waals surface area contributed by atoms with Gasteiger partial charge in [-0.3, -0.25) is 25.2 Å². The molecule has 154 valence electrons. The predicted octanol–water partition coefficient (Wildman–Crippen LogP) is 2.35. The topological polar surface area (TPSA) is 87.7 Å². The van der Waals surface area contributed by atoms with E-state index in [0.717, 1.165) is 0 Å². The number of halogens is 1. The zero-order valence-electron chi connectivity index (χ0n) is 15.9. The van der Waals surface area contributed by atoms with Crippen molar-refractivity contribution >= 4 is 29.1 Å². The van der Waals surface area contributed by atoms with Crippen LogP contribution < -0.4 is 15.6 Å². The number of thiophene rings is 1. The van der Waals surface area contributed by atoms with Crippen molar-refractivity contribution in [2.75, 3.05) is 13.1 Å². The number of hydrogen-bond donors (Lipinski definition) is 2. The van der Waals surface area contributed by atoms with E-state index in [2.05, 4.69) is 10.9 Å². The van der Waals surface area contributed by atoms with Crippen LogP contribution in [-0.4, -0.2) is 41.8 Å². The minimum Gasteiger partial charge on any atom is -0.481 e. The molecule has 1 atom stereocenters. The van der Waals surface area contributed by atoms with Gasteiger partial charge in [0.1, 0.15) is 11.6 Å². The molecule has 1 aliphatic rings. The number of ether oxygens (including phenoxy) is 1. The van der Waals surface area contributed by atoms with Crippen molar-refractivity contribution in [1.82, 2.24) is 15.8 Å². The van der Waals surface area contributed by atoms with Crippen LogP contribution in [-0.2, 0) is 9.59 Å². The average molecular weight is 419 g/mol. The number of hydrogen-bond acceptors (Lipinski definition) is 5. The first-order chi connectivity index (χ1) is 13.9. The van der Waals surface area contributed by atoms with Crippen molar-refractivity contribution in [1.29, 1.82) is 0 Å². The summed E-state index contributed by atoms with van der Waals surface area (Å²) in [6, 6.07) is 8.93. The minimum atomic E-state index is -0.869. The second-order valence-electron chi connectivity index (χ2n) is 6.74. The number of benzene rings is 1. The molecular weight excluding hydrogens is 397 g/mol. The zero-order chi connectivity index (χ0) is 20.8. The lowest BCUT2D eigenvalue weighted by Gasteiger charge is -2.31. The Balaban J connectivity index is 1.40. The number of nitrogens with zero attached hydrogens (tertiary/aromatic N) is 1. The summed E-state index contributed by atoms with van der Waals surface area (Å²) in [4.78, 5) is 39.2. The van der Waals surface area contributed by atoms with E-state index in [4.69, 9.17) is 4.74 Å². The Morgan fingerprint density at radius 1 is 1.14 bits per heavy atom. The highest BCUT2D eigenvalue weighted by atomic mass is 32.1. The van der Waals surface area contributed by atoms with E-state index in [1.54, 1.807) is 11.0 Å². The molecule has 1 aromatic heterocycles. The van der Waals surface area contributed by atoms with Crippen LogP contribution in [0.1, 0.15) is 29.4 Å². The first-order valence-corrected chi connectivity index (χ1v) is 10.2. The van der Waals surface area contributed by atoms with Gasteiger partial charge in [0.2, 0.25) is 5.91 Å². The van der Waals surface area contributed by atoms with E-state index in [9.17, 15) is 18.8 Å². The lowest BCUT2D eigenvalue weighted by atomic mass is 9.96. The summed E-state index contributed by atoms with van der Waals surface area (Å²) in [5.41, 5.74) is 4.77. The second kappa shape index (κ2) is 9.51. The molecule has 0 spiro atoms. The van der Waals surface area contributed by atoms with Crippen LogP contribution in [0.3, 0.4) is 0 Å². The van der Waals surface area contributed by atoms with E-state index in [1.165, 1.54) is 42.5 Å². The fourth-order valence-electron chi connectivity index (χ4n) is 3.00. The normalized spacial score (nSPS) is 15.4. The summed E-state index contributed by atoms with van der Waals surface area (Å²) in [7, 11) is 0. The Morgan fingerprint density at radius 2 is 1.83 bits per heavy atom. The van der Waals surface area contributed by atoms with Crippen LogP contribution in [0.25, 0.3) is 0 Å². The fourth-order valence-corrected chi connectivity index (χ4v) is 3.69. The van der Waals surface area contributed by atoms with Crippen molar-refractivity contribution in [2.24, 2.45) is 5.92 Å². The van der Waals surface area contributed by atoms with Crippen molar-refractivity contribution < 1.29 is 23.5 Å². The molecule has 2 aromatic rings. The molecule has 0 aliphatic carbocycles. The van der Waals surface area contributed by atoms with Gasteiger partial charge in [-0.1, -0.05) is 6.07 Å². The molecule has 3 amide bonds. The molecule has 0 saturated carbocycles. The minimum absolute atomic E-state index is 0.0149. The van der Waals surface area contributed by atoms with Crippen molar-refractivity contribution in [3.8, 4) is 5.75 Å². The molecule has 1 fully saturated rings. The molecule has 0 bridgehead atoms. The Hall–Kier alpha value is -2.94. The number of rotatable bonds is 5. The van der Waals surface area contributed by atoms with Gasteiger partial charge in [-0.2, -0.15) is 0 Å². The number of hydrazine groups is 1. The van der Waals surface area contributed by atoms with Gasteiger partial charge in [-0.25, -0.2) is 4.39 Å². The maximum absolute atomic E-state index is 12.9. The van der Waals surface area contributed by atoms with E-state index in [-0.39, 0.29) is 17.7 Å². The van der Waals surface area contributed by atoms with Crippen LogP contribution >= 0.6 is 11.3 Å². The molecule has 1 saturated heterocycles. The smallest absolute Gasteiger partial charge is 0.279 e. The summed E-state index contributed by atoms with van der Waals surface area (Å²) in [6.07, 6.45) is 0.187. The third-order valence-corrected chi connectivity index (χ3v) is 5.55.